The first-order chi connectivity index (χ1) is 14.6. The molecule has 0 aliphatic carbocycles. The molecule has 3 unspecified atom stereocenters. The predicted molar refractivity (Wildman–Crippen MR) is 113 cm³/mol. The molecular weight excluding hydrogens is 403 g/mol. The van der Waals surface area contributed by atoms with Crippen molar-refractivity contribution in [2.24, 2.45) is 0 Å². The summed E-state index contributed by atoms with van der Waals surface area (Å²) >= 11 is 0. The number of amides is 3. The van der Waals surface area contributed by atoms with Gasteiger partial charge in [-0.05, 0) is 64.3 Å². The molecular formula is C22H31FN4O4. The fraction of sp³-hybridized carbons (Fsp3) is 0.591. The molecule has 2 aliphatic rings. The predicted octanol–water partition coefficient (Wildman–Crippen LogP) is 1.69. The van der Waals surface area contributed by atoms with Crippen LogP contribution in [-0.2, 0) is 20.9 Å². The van der Waals surface area contributed by atoms with E-state index in [0.717, 1.165) is 18.4 Å². The minimum Gasteiger partial charge on any atom is -0.444 e. The van der Waals surface area contributed by atoms with E-state index in [1.807, 2.05) is 0 Å². The SMILES string of the molecule is CC(C)(C)OC(=O)NC1CNCCC2CCC(C(=O)NCc3ccc(F)cc3)N2C1=O. The van der Waals surface area contributed by atoms with Crippen LogP contribution in [0.4, 0.5) is 9.18 Å². The highest BCUT2D eigenvalue weighted by Gasteiger charge is 2.44. The Morgan fingerprint density at radius 2 is 1.90 bits per heavy atom. The Bertz CT molecular complexity index is 809. The van der Waals surface area contributed by atoms with Gasteiger partial charge in [-0.2, -0.15) is 0 Å². The number of hydrogen-bond acceptors (Lipinski definition) is 5. The Labute approximate surface area is 181 Å². The number of benzene rings is 1. The minimum atomic E-state index is -0.817. The highest BCUT2D eigenvalue weighted by molar-refractivity contribution is 5.92. The van der Waals surface area contributed by atoms with Gasteiger partial charge in [-0.1, -0.05) is 12.1 Å². The molecule has 2 aliphatic heterocycles. The van der Waals surface area contributed by atoms with E-state index < -0.39 is 23.8 Å². The van der Waals surface area contributed by atoms with E-state index in [1.54, 1.807) is 37.8 Å². The third-order valence-corrected chi connectivity index (χ3v) is 5.43. The molecule has 170 valence electrons. The normalized spacial score (nSPS) is 24.1. The summed E-state index contributed by atoms with van der Waals surface area (Å²) in [5, 5.41) is 8.69. The van der Waals surface area contributed by atoms with Gasteiger partial charge in [0.1, 0.15) is 23.5 Å². The zero-order chi connectivity index (χ0) is 22.6. The summed E-state index contributed by atoms with van der Waals surface area (Å²) in [5.41, 5.74) is 0.0955. The Kier molecular flexibility index (Phi) is 7.15. The monoisotopic (exact) mass is 434 g/mol. The third-order valence-electron chi connectivity index (χ3n) is 5.43. The van der Waals surface area contributed by atoms with Gasteiger partial charge in [0.05, 0.1) is 0 Å². The molecule has 0 bridgehead atoms. The van der Waals surface area contributed by atoms with E-state index in [4.69, 9.17) is 4.74 Å². The van der Waals surface area contributed by atoms with Crippen molar-refractivity contribution in [2.75, 3.05) is 13.1 Å². The Morgan fingerprint density at radius 1 is 1.19 bits per heavy atom. The summed E-state index contributed by atoms with van der Waals surface area (Å²) in [6.07, 6.45) is 1.36. The average molecular weight is 435 g/mol. The van der Waals surface area contributed by atoms with Crippen molar-refractivity contribution in [3.63, 3.8) is 0 Å². The fourth-order valence-corrected chi connectivity index (χ4v) is 4.01. The molecule has 0 radical (unpaired) electrons. The third kappa shape index (κ3) is 6.16. The largest absolute Gasteiger partial charge is 0.444 e. The van der Waals surface area contributed by atoms with Gasteiger partial charge in [-0.3, -0.25) is 9.59 Å². The van der Waals surface area contributed by atoms with Crippen LogP contribution in [0.1, 0.15) is 45.6 Å². The van der Waals surface area contributed by atoms with E-state index in [-0.39, 0.29) is 36.8 Å². The molecule has 9 heteroatoms. The average Bonchev–Trinajstić information content (AvgIpc) is 3.10. The van der Waals surface area contributed by atoms with Gasteiger partial charge >= 0.3 is 6.09 Å². The van der Waals surface area contributed by atoms with E-state index in [9.17, 15) is 18.8 Å². The molecule has 3 amide bonds. The van der Waals surface area contributed by atoms with Crippen LogP contribution in [-0.4, -0.2) is 59.6 Å². The minimum absolute atomic E-state index is 0.0650. The van der Waals surface area contributed by atoms with Gasteiger partial charge in [-0.15, -0.1) is 0 Å². The molecule has 2 heterocycles. The van der Waals surface area contributed by atoms with Gasteiger partial charge in [0.25, 0.3) is 0 Å². The van der Waals surface area contributed by atoms with Gasteiger partial charge < -0.3 is 25.6 Å². The summed E-state index contributed by atoms with van der Waals surface area (Å²) in [6.45, 7) is 6.47. The Hall–Kier alpha value is -2.68. The number of carbonyl (C=O) groups excluding carboxylic acids is 3. The van der Waals surface area contributed by atoms with Crippen LogP contribution in [0.25, 0.3) is 0 Å². The van der Waals surface area contributed by atoms with Crippen LogP contribution in [0, 0.1) is 5.82 Å². The van der Waals surface area contributed by atoms with Gasteiger partial charge in [0, 0.05) is 19.1 Å². The molecule has 1 aromatic rings. The van der Waals surface area contributed by atoms with E-state index in [1.165, 1.54) is 12.1 Å². The Balaban J connectivity index is 1.67. The number of carbonyl (C=O) groups is 3. The van der Waals surface area contributed by atoms with Crippen molar-refractivity contribution in [2.45, 2.75) is 70.3 Å². The number of fused-ring (bicyclic) bond motifs is 1. The highest BCUT2D eigenvalue weighted by Crippen LogP contribution is 2.28. The lowest BCUT2D eigenvalue weighted by Gasteiger charge is -2.35. The lowest BCUT2D eigenvalue weighted by atomic mass is 10.1. The molecule has 1 aromatic carbocycles. The molecule has 3 N–H and O–H groups in total. The number of alkyl carbamates (subject to hydrolysis) is 1. The fourth-order valence-electron chi connectivity index (χ4n) is 4.01. The molecule has 8 nitrogen and oxygen atoms in total. The first-order valence-electron chi connectivity index (χ1n) is 10.7. The number of rotatable bonds is 4. The first kappa shape index (κ1) is 23.0. The quantitative estimate of drug-likeness (QED) is 0.670. The zero-order valence-corrected chi connectivity index (χ0v) is 18.2. The molecule has 2 fully saturated rings. The Morgan fingerprint density at radius 3 is 2.58 bits per heavy atom. The lowest BCUT2D eigenvalue weighted by molar-refractivity contribution is -0.142. The van der Waals surface area contributed by atoms with E-state index >= 15 is 0 Å². The van der Waals surface area contributed by atoms with E-state index in [0.29, 0.717) is 13.0 Å². The van der Waals surface area contributed by atoms with Crippen molar-refractivity contribution in [1.29, 1.82) is 0 Å². The smallest absolute Gasteiger partial charge is 0.408 e. The van der Waals surface area contributed by atoms with Crippen LogP contribution in [0.3, 0.4) is 0 Å². The summed E-state index contributed by atoms with van der Waals surface area (Å²) < 4.78 is 18.4. The second kappa shape index (κ2) is 9.64. The highest BCUT2D eigenvalue weighted by atomic mass is 19.1. The maximum atomic E-state index is 13.3. The van der Waals surface area contributed by atoms with Gasteiger partial charge in [-0.25, -0.2) is 9.18 Å². The summed E-state index contributed by atoms with van der Waals surface area (Å²) in [7, 11) is 0. The molecule has 31 heavy (non-hydrogen) atoms. The maximum Gasteiger partial charge on any atom is 0.408 e. The molecule has 0 spiro atoms. The number of hydrogen-bond donors (Lipinski definition) is 3. The van der Waals surface area contributed by atoms with Crippen molar-refractivity contribution in [1.82, 2.24) is 20.9 Å². The summed E-state index contributed by atoms with van der Waals surface area (Å²) in [6, 6.07) is 4.43. The van der Waals surface area contributed by atoms with Crippen molar-refractivity contribution >= 4 is 17.9 Å². The van der Waals surface area contributed by atoms with Crippen molar-refractivity contribution < 1.29 is 23.5 Å². The van der Waals surface area contributed by atoms with Gasteiger partial charge in [0.2, 0.25) is 11.8 Å². The van der Waals surface area contributed by atoms with Crippen LogP contribution >= 0.6 is 0 Å². The molecule has 3 rings (SSSR count). The number of nitrogens with one attached hydrogen (secondary N) is 3. The maximum absolute atomic E-state index is 13.3. The van der Waals surface area contributed by atoms with Crippen LogP contribution in [0.15, 0.2) is 24.3 Å². The number of ether oxygens (including phenoxy) is 1. The van der Waals surface area contributed by atoms with Crippen LogP contribution in [0.2, 0.25) is 0 Å². The second-order valence-corrected chi connectivity index (χ2v) is 9.03. The van der Waals surface area contributed by atoms with Crippen molar-refractivity contribution in [3.05, 3.63) is 35.6 Å². The van der Waals surface area contributed by atoms with Crippen LogP contribution < -0.4 is 16.0 Å². The summed E-state index contributed by atoms with van der Waals surface area (Å²) in [5.74, 6) is -0.871. The molecule has 0 aromatic heterocycles. The first-order valence-corrected chi connectivity index (χ1v) is 10.7. The molecule has 3 atom stereocenters. The van der Waals surface area contributed by atoms with Crippen LogP contribution in [0.5, 0.6) is 0 Å². The summed E-state index contributed by atoms with van der Waals surface area (Å²) in [4.78, 5) is 40.0. The van der Waals surface area contributed by atoms with E-state index in [2.05, 4.69) is 16.0 Å². The van der Waals surface area contributed by atoms with Gasteiger partial charge in [0.15, 0.2) is 0 Å². The van der Waals surface area contributed by atoms with Crippen molar-refractivity contribution in [3.8, 4) is 0 Å². The number of nitrogens with zero attached hydrogens (tertiary/aromatic N) is 1. The molecule has 0 saturated carbocycles. The topological polar surface area (TPSA) is 99.8 Å². The standard InChI is InChI=1S/C22H31FN4O4/c1-22(2,3)31-21(30)26-17-13-24-11-10-16-8-9-18(27(16)20(17)29)19(28)25-12-14-4-6-15(23)7-5-14/h4-7,16-18,24H,8-13H2,1-3H3,(H,25,28)(H,26,30). The molecule has 2 saturated heterocycles. The zero-order valence-electron chi connectivity index (χ0n) is 18.2. The second-order valence-electron chi connectivity index (χ2n) is 9.03. The number of halogens is 1. The lowest BCUT2D eigenvalue weighted by Crippen LogP contribution is -2.60.